The predicted molar refractivity (Wildman–Crippen MR) is 71.1 cm³/mol. The van der Waals surface area contributed by atoms with Crippen molar-refractivity contribution in [2.45, 2.75) is 13.0 Å². The number of carboxylic acid groups (broad SMARTS) is 1. The number of amides is 1. The van der Waals surface area contributed by atoms with Crippen molar-refractivity contribution in [2.75, 3.05) is 19.1 Å². The van der Waals surface area contributed by atoms with Gasteiger partial charge in [0.15, 0.2) is 0 Å². The molecular formula is C12H16N2O3S. The van der Waals surface area contributed by atoms with Crippen molar-refractivity contribution in [1.82, 2.24) is 9.88 Å². The third kappa shape index (κ3) is 3.46. The topological polar surface area (TPSA) is 70.5 Å². The van der Waals surface area contributed by atoms with E-state index in [9.17, 15) is 9.59 Å². The largest absolute Gasteiger partial charge is 0.478 e. The monoisotopic (exact) mass is 268 g/mol. The van der Waals surface area contributed by atoms with Crippen LogP contribution in [0, 0.1) is 0 Å². The Labute approximate surface area is 110 Å². The molecule has 1 N–H and O–H groups in total. The number of aromatic carboxylic acids is 1. The molecular weight excluding hydrogens is 252 g/mol. The fraction of sp³-hybridized carbons (Fsp3) is 0.417. The molecule has 0 aromatic carbocycles. The zero-order valence-electron chi connectivity index (χ0n) is 10.6. The summed E-state index contributed by atoms with van der Waals surface area (Å²) in [6.45, 7) is 1.96. The molecule has 0 aliphatic carbocycles. The van der Waals surface area contributed by atoms with E-state index in [0.717, 1.165) is 5.75 Å². The zero-order valence-corrected chi connectivity index (χ0v) is 11.4. The second-order valence-corrected chi connectivity index (χ2v) is 4.87. The van der Waals surface area contributed by atoms with Gasteiger partial charge in [-0.2, -0.15) is 11.8 Å². The van der Waals surface area contributed by atoms with Gasteiger partial charge in [0.2, 0.25) is 0 Å². The lowest BCUT2D eigenvalue weighted by Crippen LogP contribution is -2.37. The number of rotatable bonds is 5. The number of pyridine rings is 1. The number of aromatic nitrogens is 1. The smallest absolute Gasteiger partial charge is 0.337 e. The van der Waals surface area contributed by atoms with Crippen LogP contribution in [0.25, 0.3) is 0 Å². The summed E-state index contributed by atoms with van der Waals surface area (Å²) in [6.07, 6.45) is 3.18. The second-order valence-electron chi connectivity index (χ2n) is 3.96. The van der Waals surface area contributed by atoms with E-state index >= 15 is 0 Å². The molecule has 0 aliphatic rings. The Morgan fingerprint density at radius 3 is 2.61 bits per heavy atom. The standard InChI is InChI=1S/C12H16N2O3S/c1-8(7-18-3)14(2)11(15)10-5-4-9(6-13-10)12(16)17/h4-6,8H,7H2,1-3H3,(H,16,17). The molecule has 0 saturated carbocycles. The predicted octanol–water partition coefficient (Wildman–Crippen LogP) is 1.60. The summed E-state index contributed by atoms with van der Waals surface area (Å²) in [4.78, 5) is 28.2. The first-order valence-corrected chi connectivity index (χ1v) is 6.82. The summed E-state index contributed by atoms with van der Waals surface area (Å²) in [5.74, 6) is -0.408. The van der Waals surface area contributed by atoms with Gasteiger partial charge in [-0.05, 0) is 25.3 Å². The van der Waals surface area contributed by atoms with Crippen molar-refractivity contribution >= 4 is 23.6 Å². The Balaban J connectivity index is 2.80. The van der Waals surface area contributed by atoms with Crippen molar-refractivity contribution in [3.05, 3.63) is 29.6 Å². The Morgan fingerprint density at radius 2 is 2.17 bits per heavy atom. The van der Waals surface area contributed by atoms with E-state index in [4.69, 9.17) is 5.11 Å². The van der Waals surface area contributed by atoms with E-state index in [2.05, 4.69) is 4.98 Å². The highest BCUT2D eigenvalue weighted by Crippen LogP contribution is 2.09. The van der Waals surface area contributed by atoms with E-state index in [1.165, 1.54) is 18.3 Å². The average Bonchev–Trinajstić information content (AvgIpc) is 2.37. The van der Waals surface area contributed by atoms with Gasteiger partial charge in [-0.1, -0.05) is 0 Å². The minimum absolute atomic E-state index is 0.0753. The van der Waals surface area contributed by atoms with Crippen LogP contribution in [0.2, 0.25) is 0 Å². The Bertz CT molecular complexity index is 433. The van der Waals surface area contributed by atoms with Crippen molar-refractivity contribution in [1.29, 1.82) is 0 Å². The van der Waals surface area contributed by atoms with Gasteiger partial charge < -0.3 is 10.0 Å². The molecule has 1 aromatic rings. The summed E-state index contributed by atoms with van der Waals surface area (Å²) in [7, 11) is 1.72. The van der Waals surface area contributed by atoms with Gasteiger partial charge in [0.25, 0.3) is 5.91 Å². The van der Waals surface area contributed by atoms with Gasteiger partial charge in [-0.3, -0.25) is 9.78 Å². The van der Waals surface area contributed by atoms with Crippen LogP contribution in [0.5, 0.6) is 0 Å². The first-order chi connectivity index (χ1) is 8.47. The van der Waals surface area contributed by atoms with Gasteiger partial charge in [0.05, 0.1) is 5.56 Å². The number of hydrogen-bond acceptors (Lipinski definition) is 4. The quantitative estimate of drug-likeness (QED) is 0.878. The molecule has 1 rings (SSSR count). The van der Waals surface area contributed by atoms with Gasteiger partial charge >= 0.3 is 5.97 Å². The maximum absolute atomic E-state index is 12.0. The van der Waals surface area contributed by atoms with Gasteiger partial charge in [-0.25, -0.2) is 4.79 Å². The number of nitrogens with zero attached hydrogens (tertiary/aromatic N) is 2. The van der Waals surface area contributed by atoms with E-state index in [1.807, 2.05) is 13.2 Å². The van der Waals surface area contributed by atoms with E-state index in [1.54, 1.807) is 23.7 Å². The first-order valence-electron chi connectivity index (χ1n) is 5.42. The number of thioether (sulfide) groups is 1. The van der Waals surface area contributed by atoms with Gasteiger partial charge in [-0.15, -0.1) is 0 Å². The van der Waals surface area contributed by atoms with E-state index in [-0.39, 0.29) is 23.2 Å². The summed E-state index contributed by atoms with van der Waals surface area (Å²) < 4.78 is 0. The van der Waals surface area contributed by atoms with Gasteiger partial charge in [0, 0.05) is 25.0 Å². The maximum Gasteiger partial charge on any atom is 0.337 e. The minimum atomic E-state index is -1.05. The molecule has 1 amide bonds. The summed E-state index contributed by atoms with van der Waals surface area (Å²) >= 11 is 1.67. The first kappa shape index (κ1) is 14.5. The Hall–Kier alpha value is -1.56. The minimum Gasteiger partial charge on any atom is -0.478 e. The van der Waals surface area contributed by atoms with Crippen LogP contribution in [0.3, 0.4) is 0 Å². The summed E-state index contributed by atoms with van der Waals surface area (Å²) in [5, 5.41) is 8.74. The van der Waals surface area contributed by atoms with Crippen molar-refractivity contribution in [3.8, 4) is 0 Å². The van der Waals surface area contributed by atoms with Crippen LogP contribution in [0.4, 0.5) is 0 Å². The molecule has 0 fully saturated rings. The molecule has 0 bridgehead atoms. The van der Waals surface area contributed by atoms with Crippen molar-refractivity contribution in [3.63, 3.8) is 0 Å². The number of carbonyl (C=O) groups is 2. The number of carbonyl (C=O) groups excluding carboxylic acids is 1. The fourth-order valence-electron chi connectivity index (χ4n) is 1.38. The second kappa shape index (κ2) is 6.39. The Morgan fingerprint density at radius 1 is 1.50 bits per heavy atom. The lowest BCUT2D eigenvalue weighted by molar-refractivity contribution is 0.0692. The SMILES string of the molecule is CSCC(C)N(C)C(=O)c1ccc(C(=O)O)cn1. The molecule has 6 heteroatoms. The molecule has 1 aromatic heterocycles. The highest BCUT2D eigenvalue weighted by molar-refractivity contribution is 7.98. The molecule has 0 saturated heterocycles. The molecule has 98 valence electrons. The highest BCUT2D eigenvalue weighted by atomic mass is 32.2. The van der Waals surface area contributed by atoms with Crippen molar-refractivity contribution in [2.24, 2.45) is 0 Å². The van der Waals surface area contributed by atoms with Crippen LogP contribution in [-0.2, 0) is 0 Å². The lowest BCUT2D eigenvalue weighted by Gasteiger charge is -2.23. The van der Waals surface area contributed by atoms with Crippen LogP contribution >= 0.6 is 11.8 Å². The number of hydrogen-bond donors (Lipinski definition) is 1. The van der Waals surface area contributed by atoms with Crippen molar-refractivity contribution < 1.29 is 14.7 Å². The van der Waals surface area contributed by atoms with Crippen LogP contribution in [0.15, 0.2) is 18.3 Å². The highest BCUT2D eigenvalue weighted by Gasteiger charge is 2.18. The van der Waals surface area contributed by atoms with Crippen LogP contribution in [-0.4, -0.2) is 52.0 Å². The van der Waals surface area contributed by atoms with Gasteiger partial charge in [0.1, 0.15) is 5.69 Å². The fourth-order valence-corrected chi connectivity index (χ4v) is 2.09. The molecule has 1 unspecified atom stereocenters. The molecule has 0 spiro atoms. The normalized spacial score (nSPS) is 11.9. The third-order valence-electron chi connectivity index (χ3n) is 2.62. The van der Waals surface area contributed by atoms with Crippen LogP contribution < -0.4 is 0 Å². The molecule has 5 nitrogen and oxygen atoms in total. The Kier molecular flexibility index (Phi) is 5.15. The molecule has 18 heavy (non-hydrogen) atoms. The van der Waals surface area contributed by atoms with Crippen LogP contribution in [0.1, 0.15) is 27.8 Å². The number of carboxylic acids is 1. The molecule has 1 atom stereocenters. The van der Waals surface area contributed by atoms with E-state index < -0.39 is 5.97 Å². The van der Waals surface area contributed by atoms with E-state index in [0.29, 0.717) is 0 Å². The lowest BCUT2D eigenvalue weighted by atomic mass is 10.2. The molecule has 1 heterocycles. The summed E-state index contributed by atoms with van der Waals surface area (Å²) in [6, 6.07) is 2.93. The third-order valence-corrected chi connectivity index (χ3v) is 3.43. The molecule has 0 aliphatic heterocycles. The maximum atomic E-state index is 12.0. The zero-order chi connectivity index (χ0) is 13.7. The summed E-state index contributed by atoms with van der Waals surface area (Å²) in [5.41, 5.74) is 0.335. The molecule has 0 radical (unpaired) electrons. The average molecular weight is 268 g/mol.